The minimum Gasteiger partial charge on any atom is -0.481 e. The first-order valence-electron chi connectivity index (χ1n) is 19.7. The molecule has 6 heteroatoms. The first-order chi connectivity index (χ1) is 22.0. The highest BCUT2D eigenvalue weighted by molar-refractivity contribution is 5.84. The molecule has 6 aliphatic carbocycles. The van der Waals surface area contributed by atoms with Crippen LogP contribution >= 0.6 is 0 Å². The Hall–Kier alpha value is -1.59. The van der Waals surface area contributed by atoms with E-state index in [0.717, 1.165) is 57.0 Å². The van der Waals surface area contributed by atoms with E-state index in [0.29, 0.717) is 29.6 Å². The SMILES string of the molecule is CC(C)(CC(=O)O[C@H]1CC[C@]2(C)[C@H]3CC[C@@H]4[C@H]5[C@H](C6CC6)CC[C@]5(C(=O)N5CCCCC5)CC[C@@]4(C)[C@]3(C)CC[C@H]2C1(C)C)C(=O)O. The Balaban J connectivity index is 1.15. The van der Waals surface area contributed by atoms with E-state index < -0.39 is 11.4 Å². The Morgan fingerprint density at radius 1 is 0.766 bits per heavy atom. The van der Waals surface area contributed by atoms with Crippen LogP contribution in [0.25, 0.3) is 0 Å². The topological polar surface area (TPSA) is 83.9 Å². The van der Waals surface area contributed by atoms with Crippen molar-refractivity contribution in [2.45, 2.75) is 157 Å². The Morgan fingerprint density at radius 3 is 2.13 bits per heavy atom. The number of ether oxygens (including phenoxy) is 1. The lowest BCUT2D eigenvalue weighted by atomic mass is 9.32. The van der Waals surface area contributed by atoms with E-state index in [2.05, 4.69) is 39.5 Å². The van der Waals surface area contributed by atoms with Crippen molar-refractivity contribution in [1.82, 2.24) is 4.90 Å². The van der Waals surface area contributed by atoms with Crippen LogP contribution in [-0.4, -0.2) is 47.0 Å². The molecule has 264 valence electrons. The summed E-state index contributed by atoms with van der Waals surface area (Å²) < 4.78 is 6.19. The molecule has 47 heavy (non-hydrogen) atoms. The second-order valence-corrected chi connectivity index (χ2v) is 19.9. The fourth-order valence-corrected chi connectivity index (χ4v) is 14.3. The number of carboxylic acids is 1. The number of carboxylic acid groups (broad SMARTS) is 1. The van der Waals surface area contributed by atoms with Crippen LogP contribution in [-0.2, 0) is 19.1 Å². The number of carbonyl (C=O) groups is 3. The van der Waals surface area contributed by atoms with Gasteiger partial charge in [-0.1, -0.05) is 34.6 Å². The van der Waals surface area contributed by atoms with Crippen LogP contribution in [0.1, 0.15) is 151 Å². The van der Waals surface area contributed by atoms with E-state index >= 15 is 0 Å². The molecule has 10 atom stereocenters. The maximum absolute atomic E-state index is 14.7. The standard InChI is InChI=1S/C41H65NO5/c1-36(2,35(45)46)25-32(43)47-31-17-18-38(5)29(37(31,3)4)16-19-40(7)30(38)14-13-28-33-27(26-11-12-26)15-20-41(33,22-21-39(28,40)6)34(44)42-23-9-8-10-24-42/h26-31,33H,8-25H2,1-7H3,(H,45,46)/t27-,28+,29-,30+,31-,33+,38-,39+,40+,41-/m0/s1. The van der Waals surface area contributed by atoms with E-state index in [1.165, 1.54) is 64.2 Å². The van der Waals surface area contributed by atoms with Gasteiger partial charge in [0.1, 0.15) is 6.10 Å². The molecule has 0 unspecified atom stereocenters. The molecule has 7 rings (SSSR count). The molecule has 7 fully saturated rings. The lowest BCUT2D eigenvalue weighted by Crippen LogP contribution is -2.67. The minimum atomic E-state index is -1.13. The summed E-state index contributed by atoms with van der Waals surface area (Å²) in [7, 11) is 0. The predicted molar refractivity (Wildman–Crippen MR) is 183 cm³/mol. The van der Waals surface area contributed by atoms with Gasteiger partial charge in [-0.05, 0) is 162 Å². The quantitative estimate of drug-likeness (QED) is 0.290. The van der Waals surface area contributed by atoms with E-state index in [-0.39, 0.29) is 45.6 Å². The molecule has 0 aromatic rings. The monoisotopic (exact) mass is 651 g/mol. The number of carbonyl (C=O) groups excluding carboxylic acids is 2. The summed E-state index contributed by atoms with van der Waals surface area (Å²) >= 11 is 0. The van der Waals surface area contributed by atoms with Crippen molar-refractivity contribution in [1.29, 1.82) is 0 Å². The molecule has 7 aliphatic rings. The molecule has 1 saturated heterocycles. The van der Waals surface area contributed by atoms with Crippen LogP contribution in [0.5, 0.6) is 0 Å². The molecule has 1 N–H and O–H groups in total. The smallest absolute Gasteiger partial charge is 0.309 e. The van der Waals surface area contributed by atoms with Crippen LogP contribution in [0.15, 0.2) is 0 Å². The molecule has 1 aliphatic heterocycles. The highest BCUT2D eigenvalue weighted by atomic mass is 16.5. The maximum atomic E-state index is 14.7. The van der Waals surface area contributed by atoms with Gasteiger partial charge in [-0.2, -0.15) is 0 Å². The average Bonchev–Trinajstić information content (AvgIpc) is 3.78. The molecular formula is C41H65NO5. The van der Waals surface area contributed by atoms with Gasteiger partial charge >= 0.3 is 11.9 Å². The lowest BCUT2D eigenvalue weighted by Gasteiger charge is -2.73. The van der Waals surface area contributed by atoms with Gasteiger partial charge in [-0.3, -0.25) is 14.4 Å². The first kappa shape index (κ1) is 33.9. The van der Waals surface area contributed by atoms with Crippen molar-refractivity contribution >= 4 is 17.8 Å². The Labute approximate surface area is 284 Å². The van der Waals surface area contributed by atoms with Crippen molar-refractivity contribution in [3.05, 3.63) is 0 Å². The van der Waals surface area contributed by atoms with Gasteiger partial charge in [0.25, 0.3) is 0 Å². The zero-order valence-electron chi connectivity index (χ0n) is 30.8. The van der Waals surface area contributed by atoms with Gasteiger partial charge in [0.15, 0.2) is 0 Å². The summed E-state index contributed by atoms with van der Waals surface area (Å²) in [4.78, 5) is 41.8. The Kier molecular flexibility index (Phi) is 8.08. The number of aliphatic carboxylic acids is 1. The summed E-state index contributed by atoms with van der Waals surface area (Å²) in [5.74, 6) is 3.11. The third kappa shape index (κ3) is 4.92. The maximum Gasteiger partial charge on any atom is 0.309 e. The second kappa shape index (κ2) is 11.2. The fourth-order valence-electron chi connectivity index (χ4n) is 14.3. The number of rotatable bonds is 6. The molecule has 6 saturated carbocycles. The number of nitrogens with zero attached hydrogens (tertiary/aromatic N) is 1. The summed E-state index contributed by atoms with van der Waals surface area (Å²) in [6, 6.07) is 0. The number of hydrogen-bond donors (Lipinski definition) is 1. The Morgan fingerprint density at radius 2 is 1.47 bits per heavy atom. The van der Waals surface area contributed by atoms with Crippen LogP contribution in [0.4, 0.5) is 0 Å². The van der Waals surface area contributed by atoms with Crippen LogP contribution in [0.3, 0.4) is 0 Å². The number of hydrogen-bond acceptors (Lipinski definition) is 4. The van der Waals surface area contributed by atoms with Gasteiger partial charge in [0.2, 0.25) is 5.91 Å². The summed E-state index contributed by atoms with van der Waals surface area (Å²) in [5, 5.41) is 9.59. The van der Waals surface area contributed by atoms with Gasteiger partial charge in [0.05, 0.1) is 17.3 Å². The largest absolute Gasteiger partial charge is 0.481 e. The van der Waals surface area contributed by atoms with Crippen LogP contribution < -0.4 is 0 Å². The molecular weight excluding hydrogens is 586 g/mol. The molecule has 0 aromatic heterocycles. The zero-order chi connectivity index (χ0) is 33.8. The van der Waals surface area contributed by atoms with Crippen LogP contribution in [0, 0.1) is 68.0 Å². The number of fused-ring (bicyclic) bond motifs is 7. The van der Waals surface area contributed by atoms with Crippen molar-refractivity contribution in [3.8, 4) is 0 Å². The molecule has 0 radical (unpaired) electrons. The molecule has 6 nitrogen and oxygen atoms in total. The van der Waals surface area contributed by atoms with E-state index in [9.17, 15) is 19.5 Å². The highest BCUT2D eigenvalue weighted by Crippen LogP contribution is 2.78. The van der Waals surface area contributed by atoms with E-state index in [1.807, 2.05) is 0 Å². The van der Waals surface area contributed by atoms with Crippen molar-refractivity contribution in [3.63, 3.8) is 0 Å². The van der Waals surface area contributed by atoms with Crippen molar-refractivity contribution in [2.75, 3.05) is 13.1 Å². The van der Waals surface area contributed by atoms with E-state index in [4.69, 9.17) is 4.74 Å². The summed E-state index contributed by atoms with van der Waals surface area (Å²) in [6.07, 6.45) is 17.6. The molecule has 1 amide bonds. The van der Waals surface area contributed by atoms with Crippen LogP contribution in [0.2, 0.25) is 0 Å². The first-order valence-corrected chi connectivity index (χ1v) is 19.7. The number of piperidine rings is 1. The van der Waals surface area contributed by atoms with Gasteiger partial charge in [-0.25, -0.2) is 0 Å². The molecule has 0 aromatic carbocycles. The minimum absolute atomic E-state index is 0.0952. The summed E-state index contributed by atoms with van der Waals surface area (Å²) in [6.45, 7) is 17.8. The number of amides is 1. The number of esters is 1. The van der Waals surface area contributed by atoms with E-state index in [1.54, 1.807) is 13.8 Å². The van der Waals surface area contributed by atoms with Gasteiger partial charge < -0.3 is 14.7 Å². The van der Waals surface area contributed by atoms with Crippen molar-refractivity contribution in [2.24, 2.45) is 68.0 Å². The Bertz CT molecular complexity index is 1280. The normalized spacial score (nSPS) is 46.0. The molecule has 0 spiro atoms. The zero-order valence-corrected chi connectivity index (χ0v) is 30.8. The molecule has 0 bridgehead atoms. The third-order valence-corrected chi connectivity index (χ3v) is 17.2. The van der Waals surface area contributed by atoms with Gasteiger partial charge in [-0.15, -0.1) is 0 Å². The fraction of sp³-hybridized carbons (Fsp3) is 0.927. The average molecular weight is 652 g/mol. The lowest BCUT2D eigenvalue weighted by molar-refractivity contribution is -0.251. The summed E-state index contributed by atoms with van der Waals surface area (Å²) in [5.41, 5.74) is -0.744. The predicted octanol–water partition coefficient (Wildman–Crippen LogP) is 8.90. The highest BCUT2D eigenvalue weighted by Gasteiger charge is 2.73. The molecule has 1 heterocycles. The van der Waals surface area contributed by atoms with Gasteiger partial charge in [0, 0.05) is 18.5 Å². The third-order valence-electron chi connectivity index (χ3n) is 17.2. The second-order valence-electron chi connectivity index (χ2n) is 19.9. The number of likely N-dealkylation sites (tertiary alicyclic amines) is 1. The van der Waals surface area contributed by atoms with Crippen molar-refractivity contribution < 1.29 is 24.2 Å².